The number of rotatable bonds is 8. The second-order valence-electron chi connectivity index (χ2n) is 3.87. The van der Waals surface area contributed by atoms with E-state index < -0.39 is 14.3 Å². The molecule has 0 saturated heterocycles. The van der Waals surface area contributed by atoms with E-state index in [1.807, 2.05) is 0 Å². The molecule has 0 atom stereocenters. The van der Waals surface area contributed by atoms with E-state index in [9.17, 15) is 4.79 Å². The molecule has 0 spiro atoms. The molecule has 0 amide bonds. The molecule has 0 aromatic rings. The molecule has 0 rings (SSSR count). The Bertz CT molecular complexity index is 240. The van der Waals surface area contributed by atoms with Crippen LogP contribution in [0.25, 0.3) is 0 Å². The Labute approximate surface area is 129 Å². The van der Waals surface area contributed by atoms with Crippen LogP contribution in [0.4, 0.5) is 4.79 Å². The lowest BCUT2D eigenvalue weighted by Crippen LogP contribution is -2.30. The first-order valence-electron chi connectivity index (χ1n) is 5.31. The molecular formula is C9H20N2O3S4. The van der Waals surface area contributed by atoms with Gasteiger partial charge in [-0.25, -0.2) is 4.79 Å². The van der Waals surface area contributed by atoms with Crippen LogP contribution in [0.3, 0.4) is 0 Å². The van der Waals surface area contributed by atoms with Gasteiger partial charge in [0.2, 0.25) is 0 Å². The van der Waals surface area contributed by atoms with Gasteiger partial charge in [0.25, 0.3) is 0 Å². The molecule has 0 unspecified atom stereocenters. The quantitative estimate of drug-likeness (QED) is 0.226. The minimum atomic E-state index is -0.816. The Balaban J connectivity index is 3.92. The van der Waals surface area contributed by atoms with Crippen molar-refractivity contribution < 1.29 is 14.3 Å². The lowest BCUT2D eigenvalue weighted by atomic mass is 10.3. The van der Waals surface area contributed by atoms with Gasteiger partial charge < -0.3 is 20.9 Å². The van der Waals surface area contributed by atoms with E-state index in [4.69, 9.17) is 20.9 Å². The van der Waals surface area contributed by atoms with E-state index in [0.29, 0.717) is 25.9 Å². The number of hydrogen-bond donors (Lipinski definition) is 6. The number of carbonyl (C=O) groups is 1. The first-order chi connectivity index (χ1) is 8.22. The molecular weight excluding hydrogens is 312 g/mol. The lowest BCUT2D eigenvalue weighted by molar-refractivity contribution is 0.0523. The molecule has 5 nitrogen and oxygen atoms in total. The van der Waals surface area contributed by atoms with Crippen molar-refractivity contribution in [2.45, 2.75) is 21.0 Å². The fraction of sp³-hybridized carbons (Fsp3) is 0.889. The van der Waals surface area contributed by atoms with Gasteiger partial charge in [-0.05, 0) is 25.9 Å². The van der Waals surface area contributed by atoms with Crippen LogP contribution >= 0.6 is 50.5 Å². The molecule has 18 heavy (non-hydrogen) atoms. The van der Waals surface area contributed by atoms with Crippen molar-refractivity contribution in [3.63, 3.8) is 0 Å². The minimum Gasteiger partial charge on any atom is -0.432 e. The summed E-state index contributed by atoms with van der Waals surface area (Å²) in [5.41, 5.74) is 10.7. The fourth-order valence-electron chi connectivity index (χ4n) is 0.997. The van der Waals surface area contributed by atoms with Crippen LogP contribution < -0.4 is 11.5 Å². The summed E-state index contributed by atoms with van der Waals surface area (Å²) < 4.78 is 8.21. The number of carbonyl (C=O) groups excluding carboxylic acids is 1. The largest absolute Gasteiger partial charge is 0.508 e. The van der Waals surface area contributed by atoms with Gasteiger partial charge >= 0.3 is 6.16 Å². The van der Waals surface area contributed by atoms with E-state index in [1.165, 1.54) is 0 Å². The molecule has 0 aliphatic rings. The monoisotopic (exact) mass is 332 g/mol. The average Bonchev–Trinajstić information content (AvgIpc) is 2.24. The highest BCUT2D eigenvalue weighted by molar-refractivity contribution is 8.00. The van der Waals surface area contributed by atoms with Gasteiger partial charge in [0.1, 0.15) is 13.2 Å². The number of ether oxygens (including phenoxy) is 2. The molecule has 108 valence electrons. The maximum atomic E-state index is 11.3. The molecule has 0 heterocycles. The normalized spacial score (nSPS) is 12.3. The van der Waals surface area contributed by atoms with Crippen molar-refractivity contribution in [1.29, 1.82) is 0 Å². The van der Waals surface area contributed by atoms with Crippen molar-refractivity contribution in [3.8, 4) is 0 Å². The van der Waals surface area contributed by atoms with Gasteiger partial charge in [-0.1, -0.05) is 0 Å². The van der Waals surface area contributed by atoms with Crippen LogP contribution in [0.1, 0.15) is 12.8 Å². The smallest absolute Gasteiger partial charge is 0.432 e. The predicted octanol–water partition coefficient (Wildman–Crippen LogP) is 0.949. The SMILES string of the molecule is NCCC(S)(S)COC(=O)OCC(S)(S)CCN. The van der Waals surface area contributed by atoms with Gasteiger partial charge in [0.15, 0.2) is 0 Å². The standard InChI is InChI=1S/C9H20N2O3S4/c10-3-1-8(15,16)5-13-7(12)14-6-9(17,18)2-4-11/h15-18H,1-6,10-11H2. The Morgan fingerprint density at radius 1 is 0.889 bits per heavy atom. The van der Waals surface area contributed by atoms with E-state index >= 15 is 0 Å². The molecule has 0 saturated carbocycles. The number of hydrogen-bond acceptors (Lipinski definition) is 9. The first kappa shape index (κ1) is 18.6. The third-order valence-electron chi connectivity index (χ3n) is 1.93. The highest BCUT2D eigenvalue weighted by Crippen LogP contribution is 2.25. The number of nitrogens with two attached hydrogens (primary N) is 2. The Hall–Kier alpha value is 0.590. The van der Waals surface area contributed by atoms with Crippen molar-refractivity contribution in [3.05, 3.63) is 0 Å². The zero-order chi connectivity index (χ0) is 14.2. The highest BCUT2D eigenvalue weighted by atomic mass is 32.2. The summed E-state index contributed by atoms with van der Waals surface area (Å²) >= 11 is 16.8. The van der Waals surface area contributed by atoms with E-state index in [-0.39, 0.29) is 13.2 Å². The summed E-state index contributed by atoms with van der Waals surface area (Å²) in [6.07, 6.45) is 0.190. The van der Waals surface area contributed by atoms with Crippen LogP contribution in [0.5, 0.6) is 0 Å². The second kappa shape index (κ2) is 8.70. The van der Waals surface area contributed by atoms with Crippen molar-refractivity contribution >= 4 is 56.7 Å². The summed E-state index contributed by atoms with van der Waals surface area (Å²) in [6, 6.07) is 0. The molecule has 0 aromatic heterocycles. The third-order valence-corrected chi connectivity index (χ3v) is 3.34. The van der Waals surface area contributed by atoms with Crippen LogP contribution in [-0.4, -0.2) is 40.6 Å². The van der Waals surface area contributed by atoms with E-state index in [1.54, 1.807) is 0 Å². The summed E-state index contributed by atoms with van der Waals surface area (Å²) in [5.74, 6) is 0. The molecule has 0 aromatic carbocycles. The van der Waals surface area contributed by atoms with Crippen molar-refractivity contribution in [2.75, 3.05) is 26.3 Å². The molecule has 0 fully saturated rings. The summed E-state index contributed by atoms with van der Waals surface area (Å²) in [5, 5.41) is 0. The Morgan fingerprint density at radius 2 is 1.22 bits per heavy atom. The summed E-state index contributed by atoms with van der Waals surface area (Å²) in [7, 11) is 0. The van der Waals surface area contributed by atoms with Crippen LogP contribution in [-0.2, 0) is 9.47 Å². The summed E-state index contributed by atoms with van der Waals surface area (Å²) in [6.45, 7) is 0.799. The predicted molar refractivity (Wildman–Crippen MR) is 86.0 cm³/mol. The van der Waals surface area contributed by atoms with Gasteiger partial charge in [0, 0.05) is 0 Å². The Kier molecular flexibility index (Phi) is 8.98. The molecule has 0 radical (unpaired) electrons. The number of thiol groups is 4. The fourth-order valence-corrected chi connectivity index (χ4v) is 1.77. The molecule has 4 N–H and O–H groups in total. The van der Waals surface area contributed by atoms with Crippen LogP contribution in [0, 0.1) is 0 Å². The van der Waals surface area contributed by atoms with Gasteiger partial charge in [-0.15, -0.1) is 0 Å². The topological polar surface area (TPSA) is 87.6 Å². The maximum Gasteiger partial charge on any atom is 0.508 e. The lowest BCUT2D eigenvalue weighted by Gasteiger charge is -2.23. The Morgan fingerprint density at radius 3 is 1.50 bits per heavy atom. The molecule has 9 heteroatoms. The third kappa shape index (κ3) is 9.51. The van der Waals surface area contributed by atoms with Crippen LogP contribution in [0.15, 0.2) is 0 Å². The molecule has 0 aliphatic heterocycles. The van der Waals surface area contributed by atoms with E-state index in [2.05, 4.69) is 50.5 Å². The van der Waals surface area contributed by atoms with Gasteiger partial charge in [-0.2, -0.15) is 50.5 Å². The minimum absolute atomic E-state index is 0.00170. The highest BCUT2D eigenvalue weighted by Gasteiger charge is 2.25. The zero-order valence-electron chi connectivity index (χ0n) is 9.91. The summed E-state index contributed by atoms with van der Waals surface area (Å²) in [4.78, 5) is 11.3. The van der Waals surface area contributed by atoms with E-state index in [0.717, 1.165) is 0 Å². The first-order valence-corrected chi connectivity index (χ1v) is 7.10. The zero-order valence-corrected chi connectivity index (χ0v) is 13.5. The van der Waals surface area contributed by atoms with Crippen molar-refractivity contribution in [1.82, 2.24) is 0 Å². The molecule has 0 aliphatic carbocycles. The van der Waals surface area contributed by atoms with Gasteiger partial charge in [0.05, 0.1) is 8.16 Å². The van der Waals surface area contributed by atoms with Crippen LogP contribution in [0.2, 0.25) is 0 Å². The van der Waals surface area contributed by atoms with Gasteiger partial charge in [-0.3, -0.25) is 0 Å². The maximum absolute atomic E-state index is 11.3. The van der Waals surface area contributed by atoms with Crippen molar-refractivity contribution in [2.24, 2.45) is 11.5 Å². The molecule has 0 bridgehead atoms. The average molecular weight is 333 g/mol. The second-order valence-corrected chi connectivity index (χ2v) is 8.00.